The number of anilines is 1. The maximum absolute atomic E-state index is 12.0. The van der Waals surface area contributed by atoms with Gasteiger partial charge in [0.15, 0.2) is 0 Å². The monoisotopic (exact) mass is 273 g/mol. The van der Waals surface area contributed by atoms with E-state index in [0.717, 1.165) is 25.0 Å². The Hall–Kier alpha value is -0.580. The molecule has 0 bridgehead atoms. The molecule has 0 aliphatic carbocycles. The molecule has 1 fully saturated rings. The Morgan fingerprint density at radius 1 is 1.53 bits per heavy atom. The van der Waals surface area contributed by atoms with Crippen molar-refractivity contribution in [3.05, 3.63) is 28.8 Å². The Labute approximate surface area is 109 Å². The molecule has 17 heavy (non-hydrogen) atoms. The van der Waals surface area contributed by atoms with Crippen LogP contribution in [0.5, 0.6) is 0 Å². The Morgan fingerprint density at radius 3 is 3.06 bits per heavy atom. The van der Waals surface area contributed by atoms with Gasteiger partial charge in [-0.25, -0.2) is 0 Å². The molecule has 2 unspecified atom stereocenters. The minimum absolute atomic E-state index is 0.149. The summed E-state index contributed by atoms with van der Waals surface area (Å²) < 4.78 is 17.4. The molecule has 1 saturated heterocycles. The lowest BCUT2D eigenvalue weighted by atomic mass is 10.2. The van der Waals surface area contributed by atoms with E-state index < -0.39 is 10.8 Å². The highest BCUT2D eigenvalue weighted by molar-refractivity contribution is 7.84. The minimum atomic E-state index is -0.943. The van der Waals surface area contributed by atoms with E-state index in [4.69, 9.17) is 22.1 Å². The van der Waals surface area contributed by atoms with Crippen LogP contribution in [0, 0.1) is 0 Å². The molecule has 1 heterocycles. The van der Waals surface area contributed by atoms with E-state index in [1.807, 2.05) is 0 Å². The molecule has 0 aromatic heterocycles. The Kier molecular flexibility index (Phi) is 4.42. The van der Waals surface area contributed by atoms with Crippen LogP contribution in [0.3, 0.4) is 0 Å². The van der Waals surface area contributed by atoms with Gasteiger partial charge in [-0.1, -0.05) is 11.6 Å². The molecule has 1 aliphatic heterocycles. The van der Waals surface area contributed by atoms with Gasteiger partial charge in [0, 0.05) is 28.1 Å². The number of halogens is 1. The third-order valence-electron chi connectivity index (χ3n) is 2.82. The zero-order valence-corrected chi connectivity index (χ0v) is 11.1. The van der Waals surface area contributed by atoms with Crippen LogP contribution in [-0.2, 0) is 21.3 Å². The Balaban J connectivity index is 1.95. The van der Waals surface area contributed by atoms with E-state index in [9.17, 15) is 4.21 Å². The van der Waals surface area contributed by atoms with Crippen LogP contribution in [-0.4, -0.2) is 22.7 Å². The number of hydrogen-bond acceptors (Lipinski definition) is 3. The lowest BCUT2D eigenvalue weighted by molar-refractivity contribution is 0.128. The molecule has 2 atom stereocenters. The highest BCUT2D eigenvalue weighted by Crippen LogP contribution is 2.20. The van der Waals surface area contributed by atoms with Crippen molar-refractivity contribution in [3.63, 3.8) is 0 Å². The first kappa shape index (κ1) is 12.9. The van der Waals surface area contributed by atoms with Crippen LogP contribution >= 0.6 is 11.6 Å². The normalized spacial score (nSPS) is 21.6. The average molecular weight is 274 g/mol. The molecule has 3 nitrogen and oxygen atoms in total. The first-order valence-corrected chi connectivity index (χ1v) is 7.52. The number of nitrogens with two attached hydrogens (primary N) is 1. The lowest BCUT2D eigenvalue weighted by Gasteiger charge is -2.10. The van der Waals surface area contributed by atoms with E-state index in [1.165, 1.54) is 0 Å². The van der Waals surface area contributed by atoms with E-state index >= 15 is 0 Å². The van der Waals surface area contributed by atoms with Gasteiger partial charge in [-0.2, -0.15) is 0 Å². The third-order valence-corrected chi connectivity index (χ3v) is 4.43. The molecule has 0 radical (unpaired) electrons. The van der Waals surface area contributed by atoms with E-state index in [2.05, 4.69) is 0 Å². The molecule has 94 valence electrons. The number of hydrogen-bond donors (Lipinski definition) is 1. The fraction of sp³-hybridized carbons (Fsp3) is 0.500. The summed E-state index contributed by atoms with van der Waals surface area (Å²) in [6.45, 7) is 0.793. The summed E-state index contributed by atoms with van der Waals surface area (Å²) >= 11 is 5.89. The van der Waals surface area contributed by atoms with Gasteiger partial charge in [-0.05, 0) is 36.6 Å². The van der Waals surface area contributed by atoms with Crippen LogP contribution in [0.25, 0.3) is 0 Å². The Bertz CT molecular complexity index is 419. The molecule has 1 aromatic carbocycles. The standard InChI is InChI=1S/C12H16ClNO2S/c13-10-3-4-12(14)9(6-10)7-17(15)8-11-2-1-5-16-11/h3-4,6,11H,1-2,5,7-8,14H2. The number of benzene rings is 1. The van der Waals surface area contributed by atoms with Crippen molar-refractivity contribution in [2.75, 3.05) is 18.1 Å². The number of rotatable bonds is 4. The molecule has 1 aromatic rings. The first-order valence-electron chi connectivity index (χ1n) is 5.65. The molecular weight excluding hydrogens is 258 g/mol. The van der Waals surface area contributed by atoms with E-state index in [1.54, 1.807) is 18.2 Å². The first-order chi connectivity index (χ1) is 8.15. The van der Waals surface area contributed by atoms with Gasteiger partial charge in [0.25, 0.3) is 0 Å². The fourth-order valence-corrected chi connectivity index (χ4v) is 3.50. The van der Waals surface area contributed by atoms with Crippen LogP contribution in [0.1, 0.15) is 18.4 Å². The summed E-state index contributed by atoms with van der Waals surface area (Å²) in [5, 5.41) is 0.628. The summed E-state index contributed by atoms with van der Waals surface area (Å²) in [7, 11) is -0.943. The minimum Gasteiger partial charge on any atom is -0.398 e. The smallest absolute Gasteiger partial charge is 0.0691 e. The topological polar surface area (TPSA) is 52.3 Å². The van der Waals surface area contributed by atoms with Gasteiger partial charge in [0.1, 0.15) is 0 Å². The summed E-state index contributed by atoms with van der Waals surface area (Å²) in [5.41, 5.74) is 7.33. The molecule has 5 heteroatoms. The number of nitrogen functional groups attached to an aromatic ring is 1. The molecule has 2 N–H and O–H groups in total. The fourth-order valence-electron chi connectivity index (χ4n) is 1.91. The van der Waals surface area contributed by atoms with E-state index in [-0.39, 0.29) is 6.10 Å². The molecule has 0 saturated carbocycles. The predicted octanol–water partition coefficient (Wildman–Crippen LogP) is 2.35. The molecule has 2 rings (SSSR count). The quantitative estimate of drug-likeness (QED) is 0.857. The zero-order valence-electron chi connectivity index (χ0n) is 9.52. The van der Waals surface area contributed by atoms with Crippen molar-refractivity contribution in [2.24, 2.45) is 0 Å². The molecule has 0 amide bonds. The van der Waals surface area contributed by atoms with Gasteiger partial charge in [-0.3, -0.25) is 4.21 Å². The summed E-state index contributed by atoms with van der Waals surface area (Å²) in [4.78, 5) is 0. The second-order valence-electron chi connectivity index (χ2n) is 4.23. The van der Waals surface area contributed by atoms with Crippen molar-refractivity contribution in [1.29, 1.82) is 0 Å². The van der Waals surface area contributed by atoms with Gasteiger partial charge in [0.05, 0.1) is 17.6 Å². The van der Waals surface area contributed by atoms with Gasteiger partial charge >= 0.3 is 0 Å². The maximum Gasteiger partial charge on any atom is 0.0691 e. The SMILES string of the molecule is Nc1ccc(Cl)cc1CS(=O)CC1CCCO1. The molecule has 0 spiro atoms. The number of ether oxygens (including phenoxy) is 1. The summed E-state index contributed by atoms with van der Waals surface area (Å²) in [6, 6.07) is 5.27. The van der Waals surface area contributed by atoms with Crippen molar-refractivity contribution >= 4 is 28.1 Å². The van der Waals surface area contributed by atoms with E-state index in [0.29, 0.717) is 22.2 Å². The second-order valence-corrected chi connectivity index (χ2v) is 6.17. The van der Waals surface area contributed by atoms with Crippen molar-refractivity contribution < 1.29 is 8.95 Å². The summed E-state index contributed by atoms with van der Waals surface area (Å²) in [5.74, 6) is 1.04. The molecular formula is C12H16ClNO2S. The van der Waals surface area contributed by atoms with Crippen LogP contribution < -0.4 is 5.73 Å². The highest BCUT2D eigenvalue weighted by atomic mass is 35.5. The highest BCUT2D eigenvalue weighted by Gasteiger charge is 2.18. The lowest BCUT2D eigenvalue weighted by Crippen LogP contribution is -2.17. The maximum atomic E-state index is 12.0. The van der Waals surface area contributed by atoms with Crippen LogP contribution in [0.2, 0.25) is 5.02 Å². The van der Waals surface area contributed by atoms with Crippen molar-refractivity contribution in [1.82, 2.24) is 0 Å². The largest absolute Gasteiger partial charge is 0.398 e. The zero-order chi connectivity index (χ0) is 12.3. The van der Waals surface area contributed by atoms with Crippen molar-refractivity contribution in [2.45, 2.75) is 24.7 Å². The van der Waals surface area contributed by atoms with Gasteiger partial charge in [-0.15, -0.1) is 0 Å². The third kappa shape index (κ3) is 3.69. The molecule has 1 aliphatic rings. The van der Waals surface area contributed by atoms with Crippen LogP contribution in [0.4, 0.5) is 5.69 Å². The van der Waals surface area contributed by atoms with Gasteiger partial charge in [0.2, 0.25) is 0 Å². The Morgan fingerprint density at radius 2 is 2.35 bits per heavy atom. The predicted molar refractivity (Wildman–Crippen MR) is 71.6 cm³/mol. The van der Waals surface area contributed by atoms with Crippen LogP contribution in [0.15, 0.2) is 18.2 Å². The van der Waals surface area contributed by atoms with Crippen molar-refractivity contribution in [3.8, 4) is 0 Å². The second kappa shape index (κ2) is 5.85. The summed E-state index contributed by atoms with van der Waals surface area (Å²) in [6.07, 6.45) is 2.23. The van der Waals surface area contributed by atoms with Gasteiger partial charge < -0.3 is 10.5 Å². The average Bonchev–Trinajstić information content (AvgIpc) is 2.76.